The van der Waals surface area contributed by atoms with Crippen LogP contribution in [0.3, 0.4) is 0 Å². The topological polar surface area (TPSA) is 48.2 Å². The largest absolute Gasteiger partial charge is 0.489 e. The van der Waals surface area contributed by atoms with E-state index in [1.54, 1.807) is 10.8 Å². The minimum atomic E-state index is -0.122. The summed E-state index contributed by atoms with van der Waals surface area (Å²) in [7, 11) is 2.10. The number of hydrogen-bond acceptors (Lipinski definition) is 3. The Labute approximate surface area is 203 Å². The zero-order valence-corrected chi connectivity index (χ0v) is 19.9. The van der Waals surface area contributed by atoms with Crippen LogP contribution < -0.4 is 15.6 Å². The maximum absolute atomic E-state index is 12.8. The molecule has 0 aliphatic carbocycles. The van der Waals surface area contributed by atoms with Gasteiger partial charge in [-0.2, -0.15) is 0 Å². The van der Waals surface area contributed by atoms with Gasteiger partial charge in [0.25, 0.3) is 5.56 Å². The number of aryl methyl sites for hydroxylation is 1. The number of rotatable bonds is 4. The van der Waals surface area contributed by atoms with E-state index >= 15 is 0 Å². The van der Waals surface area contributed by atoms with Crippen molar-refractivity contribution < 1.29 is 4.74 Å². The highest BCUT2D eigenvalue weighted by Gasteiger charge is 2.18. The van der Waals surface area contributed by atoms with E-state index in [9.17, 15) is 4.79 Å². The molecule has 2 aromatic carbocycles. The van der Waals surface area contributed by atoms with Crippen molar-refractivity contribution >= 4 is 47.3 Å². The normalized spacial score (nSPS) is 12.6. The van der Waals surface area contributed by atoms with Crippen molar-refractivity contribution in [3.8, 4) is 11.4 Å². The summed E-state index contributed by atoms with van der Waals surface area (Å²) < 4.78 is 9.69. The van der Waals surface area contributed by atoms with Crippen molar-refractivity contribution in [2.45, 2.75) is 19.6 Å². The second kappa shape index (κ2) is 10.0. The molecule has 3 heterocycles. The zero-order valence-electron chi connectivity index (χ0n) is 17.5. The van der Waals surface area contributed by atoms with Crippen LogP contribution in [-0.2, 0) is 26.6 Å². The highest BCUT2D eigenvalue weighted by molar-refractivity contribution is 6.30. The molecular formula is C24H24Cl3N3O2. The van der Waals surface area contributed by atoms with Gasteiger partial charge in [-0.15, -0.1) is 24.8 Å². The van der Waals surface area contributed by atoms with Gasteiger partial charge in [0.2, 0.25) is 0 Å². The third-order valence-electron chi connectivity index (χ3n) is 5.75. The molecule has 0 bridgehead atoms. The second-order valence-electron chi connectivity index (χ2n) is 7.60. The van der Waals surface area contributed by atoms with Gasteiger partial charge in [0.15, 0.2) is 0 Å². The zero-order chi connectivity index (χ0) is 20.7. The molecule has 5 rings (SSSR count). The van der Waals surface area contributed by atoms with Gasteiger partial charge in [-0.1, -0.05) is 29.8 Å². The number of hydrogen-bond donors (Lipinski definition) is 1. The Kier molecular flexibility index (Phi) is 7.57. The van der Waals surface area contributed by atoms with Crippen LogP contribution in [0.25, 0.3) is 16.6 Å². The van der Waals surface area contributed by atoms with E-state index < -0.39 is 0 Å². The van der Waals surface area contributed by atoms with Gasteiger partial charge in [-0.25, -0.2) is 0 Å². The van der Waals surface area contributed by atoms with Crippen LogP contribution in [0.4, 0.5) is 0 Å². The number of nitrogens with zero attached hydrogens (tertiary/aromatic N) is 2. The highest BCUT2D eigenvalue weighted by Crippen LogP contribution is 2.29. The molecule has 5 nitrogen and oxygen atoms in total. The highest BCUT2D eigenvalue weighted by atomic mass is 35.5. The molecule has 0 saturated carbocycles. The Morgan fingerprint density at radius 3 is 2.59 bits per heavy atom. The predicted molar refractivity (Wildman–Crippen MR) is 134 cm³/mol. The third-order valence-corrected chi connectivity index (χ3v) is 6.00. The van der Waals surface area contributed by atoms with Crippen molar-refractivity contribution in [2.24, 2.45) is 7.05 Å². The fourth-order valence-corrected chi connectivity index (χ4v) is 4.28. The maximum atomic E-state index is 12.8. The SMILES string of the molecule is Cl.Cl.Cn1c2c(c3ccc(-n4ccc(OCc5ccc(Cl)cc5)cc4=O)cc31)CNCC2. The summed E-state index contributed by atoms with van der Waals surface area (Å²) in [6.07, 6.45) is 2.79. The quantitative estimate of drug-likeness (QED) is 0.434. The van der Waals surface area contributed by atoms with Crippen molar-refractivity contribution in [3.63, 3.8) is 0 Å². The van der Waals surface area contributed by atoms with E-state index in [0.717, 1.165) is 36.3 Å². The standard InChI is InChI=1S/C24H22ClN3O2.2ClH/c1-27-22-8-10-26-14-21(22)20-7-6-18(12-23(20)27)28-11-9-19(13-24(28)29)30-15-16-2-4-17(25)5-3-16;;/h2-7,9,11-13,26H,8,10,14-15H2,1H3;2*1H. The molecule has 32 heavy (non-hydrogen) atoms. The van der Waals surface area contributed by atoms with Crippen molar-refractivity contribution in [2.75, 3.05) is 6.54 Å². The first-order valence-corrected chi connectivity index (χ1v) is 10.4. The minimum absolute atomic E-state index is 0. The number of halogens is 3. The van der Waals surface area contributed by atoms with E-state index in [1.807, 2.05) is 36.4 Å². The van der Waals surface area contributed by atoms with Crippen LogP contribution >= 0.6 is 36.4 Å². The molecular weight excluding hydrogens is 469 g/mol. The molecule has 0 radical (unpaired) electrons. The van der Waals surface area contributed by atoms with Crippen molar-refractivity contribution in [3.05, 3.63) is 93.0 Å². The lowest BCUT2D eigenvalue weighted by molar-refractivity contribution is 0.305. The van der Waals surface area contributed by atoms with Gasteiger partial charge in [-0.05, 0) is 41.5 Å². The van der Waals surface area contributed by atoms with Gasteiger partial charge in [0.1, 0.15) is 12.4 Å². The van der Waals surface area contributed by atoms with Crippen LogP contribution in [0.5, 0.6) is 5.75 Å². The van der Waals surface area contributed by atoms with Gasteiger partial charge >= 0.3 is 0 Å². The van der Waals surface area contributed by atoms with E-state index in [0.29, 0.717) is 17.4 Å². The van der Waals surface area contributed by atoms with E-state index in [-0.39, 0.29) is 30.4 Å². The average Bonchev–Trinajstić information content (AvgIpc) is 3.05. The molecule has 0 unspecified atom stereocenters. The van der Waals surface area contributed by atoms with Gasteiger partial charge < -0.3 is 14.6 Å². The summed E-state index contributed by atoms with van der Waals surface area (Å²) in [6, 6.07) is 17.0. The lowest BCUT2D eigenvalue weighted by Crippen LogP contribution is -2.24. The van der Waals surface area contributed by atoms with Crippen LogP contribution in [0.1, 0.15) is 16.8 Å². The monoisotopic (exact) mass is 491 g/mol. The van der Waals surface area contributed by atoms with E-state index in [4.69, 9.17) is 16.3 Å². The minimum Gasteiger partial charge on any atom is -0.489 e. The van der Waals surface area contributed by atoms with Crippen LogP contribution in [-0.4, -0.2) is 15.7 Å². The molecule has 0 saturated heterocycles. The first-order valence-electron chi connectivity index (χ1n) is 10.0. The van der Waals surface area contributed by atoms with Crippen molar-refractivity contribution in [1.82, 2.24) is 14.5 Å². The molecule has 1 aliphatic rings. The fourth-order valence-electron chi connectivity index (χ4n) is 4.15. The Morgan fingerprint density at radius 2 is 1.84 bits per heavy atom. The first kappa shape index (κ1) is 24.2. The molecule has 0 spiro atoms. The summed E-state index contributed by atoms with van der Waals surface area (Å²) in [4.78, 5) is 12.8. The van der Waals surface area contributed by atoms with Gasteiger partial charge in [-0.3, -0.25) is 9.36 Å². The number of aromatic nitrogens is 2. The number of benzene rings is 2. The lowest BCUT2D eigenvalue weighted by Gasteiger charge is -2.14. The Bertz CT molecular complexity index is 1300. The van der Waals surface area contributed by atoms with Crippen molar-refractivity contribution in [1.29, 1.82) is 0 Å². The summed E-state index contributed by atoms with van der Waals surface area (Å²) in [6.45, 7) is 2.28. The molecule has 0 amide bonds. The summed E-state index contributed by atoms with van der Waals surface area (Å²) >= 11 is 5.91. The maximum Gasteiger partial charge on any atom is 0.258 e. The molecule has 4 aromatic rings. The van der Waals surface area contributed by atoms with Gasteiger partial charge in [0, 0.05) is 54.9 Å². The Hall–Kier alpha value is -2.44. The van der Waals surface area contributed by atoms with Gasteiger partial charge in [0.05, 0.1) is 11.2 Å². The molecule has 8 heteroatoms. The number of nitrogens with one attached hydrogen (secondary N) is 1. The first-order chi connectivity index (χ1) is 14.6. The Balaban J connectivity index is 0.00000144. The molecule has 0 atom stereocenters. The van der Waals surface area contributed by atoms with E-state index in [1.165, 1.54) is 22.7 Å². The van der Waals surface area contributed by atoms with Crippen LogP contribution in [0.2, 0.25) is 5.02 Å². The number of ether oxygens (including phenoxy) is 1. The smallest absolute Gasteiger partial charge is 0.258 e. The third kappa shape index (κ3) is 4.52. The molecule has 1 aliphatic heterocycles. The molecule has 168 valence electrons. The summed E-state index contributed by atoms with van der Waals surface area (Å²) in [5, 5.41) is 5.38. The number of pyridine rings is 1. The lowest BCUT2D eigenvalue weighted by atomic mass is 10.1. The Morgan fingerprint density at radius 1 is 1.06 bits per heavy atom. The predicted octanol–water partition coefficient (Wildman–Crippen LogP) is 5.05. The molecule has 0 fully saturated rings. The summed E-state index contributed by atoms with van der Waals surface area (Å²) in [5.74, 6) is 0.549. The fraction of sp³-hybridized carbons (Fsp3) is 0.208. The molecule has 1 N–H and O–H groups in total. The van der Waals surface area contributed by atoms with Crippen LogP contribution in [0, 0.1) is 0 Å². The van der Waals surface area contributed by atoms with E-state index in [2.05, 4.69) is 29.1 Å². The summed E-state index contributed by atoms with van der Waals surface area (Å²) in [5.41, 5.74) is 5.61. The average molecular weight is 493 g/mol. The molecule has 2 aromatic heterocycles. The second-order valence-corrected chi connectivity index (χ2v) is 8.03. The number of fused-ring (bicyclic) bond motifs is 3. The van der Waals surface area contributed by atoms with Crippen LogP contribution in [0.15, 0.2) is 65.6 Å².